The maximum Gasteiger partial charge on any atom is 0.472 e. The van der Waals surface area contributed by atoms with Crippen LogP contribution in [0.3, 0.4) is 0 Å². The number of rotatable bonds is 52. The normalized spacial score (nSPS) is 14.6. The van der Waals surface area contributed by atoms with Crippen LogP contribution in [0.1, 0.15) is 245 Å². The Hall–Kier alpha value is -2.32. The summed E-state index contributed by atoms with van der Waals surface area (Å²) >= 11 is 0. The molecule has 0 spiro atoms. The molecular formula is C61H112N2O6P+. The number of aliphatic hydroxyl groups excluding tert-OH is 1. The number of allylic oxidation sites excluding steroid dienone is 13. The first-order chi connectivity index (χ1) is 34.0. The molecule has 0 heterocycles. The van der Waals surface area contributed by atoms with Crippen LogP contribution in [-0.2, 0) is 18.4 Å². The van der Waals surface area contributed by atoms with Gasteiger partial charge in [-0.3, -0.25) is 13.8 Å². The summed E-state index contributed by atoms with van der Waals surface area (Å²) in [6.07, 6.45) is 72.6. The Kier molecular flexibility index (Phi) is 49.9. The van der Waals surface area contributed by atoms with Gasteiger partial charge in [-0.2, -0.15) is 0 Å². The predicted molar refractivity (Wildman–Crippen MR) is 304 cm³/mol. The summed E-state index contributed by atoms with van der Waals surface area (Å²) in [5, 5.41) is 13.9. The molecule has 406 valence electrons. The third kappa shape index (κ3) is 53.5. The number of carbonyl (C=O) groups is 1. The van der Waals surface area contributed by atoms with Gasteiger partial charge in [0.25, 0.3) is 0 Å². The van der Waals surface area contributed by atoms with E-state index in [0.29, 0.717) is 17.4 Å². The molecule has 1 amide bonds. The number of likely N-dealkylation sites (N-methyl/N-ethyl adjacent to an activating group) is 1. The van der Waals surface area contributed by atoms with E-state index in [1.54, 1.807) is 6.08 Å². The van der Waals surface area contributed by atoms with Gasteiger partial charge in [-0.05, 0) is 70.6 Å². The van der Waals surface area contributed by atoms with Crippen LogP contribution < -0.4 is 5.32 Å². The maximum absolute atomic E-state index is 13.0. The van der Waals surface area contributed by atoms with E-state index < -0.39 is 20.0 Å². The zero-order valence-corrected chi connectivity index (χ0v) is 47.1. The Labute approximate surface area is 433 Å². The number of amides is 1. The fraction of sp³-hybridized carbons (Fsp3) is 0.754. The lowest BCUT2D eigenvalue weighted by atomic mass is 10.0. The first kappa shape index (κ1) is 67.7. The first-order valence-corrected chi connectivity index (χ1v) is 30.5. The first-order valence-electron chi connectivity index (χ1n) is 29.0. The Balaban J connectivity index is 4.04. The number of phosphoric acid groups is 1. The quantitative estimate of drug-likeness (QED) is 0.0243. The summed E-state index contributed by atoms with van der Waals surface area (Å²) in [5.41, 5.74) is 0. The summed E-state index contributed by atoms with van der Waals surface area (Å²) < 4.78 is 23.7. The number of unbranched alkanes of at least 4 members (excludes halogenated alkanes) is 27. The fourth-order valence-electron chi connectivity index (χ4n) is 8.10. The van der Waals surface area contributed by atoms with E-state index in [1.165, 1.54) is 148 Å². The van der Waals surface area contributed by atoms with Crippen molar-refractivity contribution >= 4 is 13.7 Å². The van der Waals surface area contributed by atoms with Gasteiger partial charge in [0.15, 0.2) is 0 Å². The summed E-state index contributed by atoms with van der Waals surface area (Å²) in [6, 6.07) is -0.848. The maximum atomic E-state index is 13.0. The van der Waals surface area contributed by atoms with Crippen molar-refractivity contribution < 1.29 is 32.9 Å². The Morgan fingerprint density at radius 2 is 0.857 bits per heavy atom. The zero-order valence-electron chi connectivity index (χ0n) is 46.2. The van der Waals surface area contributed by atoms with E-state index in [9.17, 15) is 19.4 Å². The Morgan fingerprint density at radius 3 is 1.26 bits per heavy atom. The molecule has 0 bridgehead atoms. The molecule has 0 saturated carbocycles. The van der Waals surface area contributed by atoms with Crippen LogP contribution in [0.25, 0.3) is 0 Å². The number of carbonyl (C=O) groups excluding carboxylic acids is 1. The number of nitrogens with zero attached hydrogens (tertiary/aromatic N) is 1. The standard InChI is InChI=1S/C61H111N2O6P/c1-6-8-10-12-14-16-18-20-21-22-23-24-25-26-27-28-29-30-31-32-33-34-35-36-37-38-39-40-41-43-45-47-49-51-53-55-61(65)62-59(58-69-70(66,67)68-57-56-63(3,4)5)60(64)54-52-50-48-46-44-42-19-17-15-13-11-9-7-2/h8,10,14,16,20-21,23-24,26-27,29-30,52,54,59-60,64H,6-7,9,11-13,15,17-19,22,25,28,31-51,53,55-58H2,1-5H3,(H-,62,65,66,67)/p+1/b10-8-,16-14-,21-20-,24-23-,27-26-,30-29-,54-52+. The molecular weight excluding hydrogens is 888 g/mol. The number of phosphoric ester groups is 1. The van der Waals surface area contributed by atoms with Crippen LogP contribution in [-0.4, -0.2) is 73.4 Å². The van der Waals surface area contributed by atoms with Crippen LogP contribution >= 0.6 is 7.82 Å². The lowest BCUT2D eigenvalue weighted by molar-refractivity contribution is -0.870. The lowest BCUT2D eigenvalue weighted by Gasteiger charge is -2.25. The molecule has 70 heavy (non-hydrogen) atoms. The second-order valence-electron chi connectivity index (χ2n) is 20.6. The van der Waals surface area contributed by atoms with Crippen molar-refractivity contribution in [1.82, 2.24) is 5.32 Å². The molecule has 0 aromatic heterocycles. The highest BCUT2D eigenvalue weighted by molar-refractivity contribution is 7.47. The van der Waals surface area contributed by atoms with Crippen molar-refractivity contribution in [3.05, 3.63) is 85.1 Å². The van der Waals surface area contributed by atoms with Crippen molar-refractivity contribution in [1.29, 1.82) is 0 Å². The largest absolute Gasteiger partial charge is 0.472 e. The summed E-state index contributed by atoms with van der Waals surface area (Å²) in [7, 11) is 1.57. The van der Waals surface area contributed by atoms with E-state index in [-0.39, 0.29) is 19.1 Å². The van der Waals surface area contributed by atoms with Gasteiger partial charge in [-0.25, -0.2) is 4.57 Å². The zero-order chi connectivity index (χ0) is 51.3. The van der Waals surface area contributed by atoms with Crippen molar-refractivity contribution in [2.24, 2.45) is 0 Å². The van der Waals surface area contributed by atoms with Crippen molar-refractivity contribution in [3.63, 3.8) is 0 Å². The molecule has 9 heteroatoms. The summed E-state index contributed by atoms with van der Waals surface area (Å²) in [6.45, 7) is 4.70. The van der Waals surface area contributed by atoms with E-state index in [2.05, 4.69) is 92.1 Å². The number of nitrogens with one attached hydrogen (secondary N) is 1. The molecule has 0 aromatic rings. The van der Waals surface area contributed by atoms with Gasteiger partial charge < -0.3 is 19.8 Å². The minimum atomic E-state index is -4.34. The monoisotopic (exact) mass is 1000 g/mol. The Morgan fingerprint density at radius 1 is 0.500 bits per heavy atom. The van der Waals surface area contributed by atoms with Gasteiger partial charge in [-0.1, -0.05) is 253 Å². The second-order valence-corrected chi connectivity index (χ2v) is 22.1. The number of quaternary nitrogens is 1. The highest BCUT2D eigenvalue weighted by atomic mass is 31.2. The van der Waals surface area contributed by atoms with Gasteiger partial charge in [0, 0.05) is 6.42 Å². The van der Waals surface area contributed by atoms with Crippen LogP contribution in [0, 0.1) is 0 Å². The topological polar surface area (TPSA) is 105 Å². The lowest BCUT2D eigenvalue weighted by Crippen LogP contribution is -2.45. The van der Waals surface area contributed by atoms with Crippen molar-refractivity contribution in [3.8, 4) is 0 Å². The van der Waals surface area contributed by atoms with Crippen molar-refractivity contribution in [2.75, 3.05) is 40.9 Å². The summed E-state index contributed by atoms with van der Waals surface area (Å²) in [4.78, 5) is 23.3. The molecule has 3 atom stereocenters. The van der Waals surface area contributed by atoms with Crippen molar-refractivity contribution in [2.45, 2.75) is 257 Å². The van der Waals surface area contributed by atoms with Gasteiger partial charge in [-0.15, -0.1) is 0 Å². The molecule has 3 unspecified atom stereocenters. The SMILES string of the molecule is CC/C=C\C/C=C\C/C=C\C/C=C\C/C=C\C/C=C\CCCCCCCCCCCCCCCCCCC(=O)NC(COP(=O)(O)OCC[N+](C)(C)C)C(O)/C=C/CCCCCCCCCCCCC. The molecule has 0 radical (unpaired) electrons. The molecule has 0 rings (SSSR count). The van der Waals surface area contributed by atoms with E-state index in [1.807, 2.05) is 27.2 Å². The summed E-state index contributed by atoms with van der Waals surface area (Å²) in [5.74, 6) is -0.179. The van der Waals surface area contributed by atoms with Crippen LogP contribution in [0.4, 0.5) is 0 Å². The molecule has 0 aliphatic rings. The molecule has 0 saturated heterocycles. The molecule has 0 aliphatic heterocycles. The fourth-order valence-corrected chi connectivity index (χ4v) is 8.84. The van der Waals surface area contributed by atoms with Gasteiger partial charge in [0.1, 0.15) is 13.2 Å². The van der Waals surface area contributed by atoms with Gasteiger partial charge in [0.2, 0.25) is 5.91 Å². The average Bonchev–Trinajstić information content (AvgIpc) is 3.32. The van der Waals surface area contributed by atoms with Gasteiger partial charge >= 0.3 is 7.82 Å². The van der Waals surface area contributed by atoms with Crippen LogP contribution in [0.15, 0.2) is 85.1 Å². The number of aliphatic hydroxyl groups is 1. The minimum Gasteiger partial charge on any atom is -0.387 e. The third-order valence-electron chi connectivity index (χ3n) is 12.6. The van der Waals surface area contributed by atoms with E-state index >= 15 is 0 Å². The molecule has 0 aromatic carbocycles. The Bertz CT molecular complexity index is 1410. The van der Waals surface area contributed by atoms with E-state index in [0.717, 1.165) is 77.0 Å². The van der Waals surface area contributed by atoms with Gasteiger partial charge in [0.05, 0.1) is 39.9 Å². The number of hydrogen-bond donors (Lipinski definition) is 3. The highest BCUT2D eigenvalue weighted by Gasteiger charge is 2.27. The minimum absolute atomic E-state index is 0.0597. The average molecular weight is 1000 g/mol. The van der Waals surface area contributed by atoms with Crippen LogP contribution in [0.5, 0.6) is 0 Å². The van der Waals surface area contributed by atoms with E-state index in [4.69, 9.17) is 9.05 Å². The smallest absolute Gasteiger partial charge is 0.387 e. The van der Waals surface area contributed by atoms with Crippen LogP contribution in [0.2, 0.25) is 0 Å². The molecule has 0 fully saturated rings. The number of hydrogen-bond acceptors (Lipinski definition) is 5. The highest BCUT2D eigenvalue weighted by Crippen LogP contribution is 2.43. The predicted octanol–water partition coefficient (Wildman–Crippen LogP) is 17.6. The second kappa shape index (κ2) is 51.6. The molecule has 8 nitrogen and oxygen atoms in total. The molecule has 3 N–H and O–H groups in total. The third-order valence-corrected chi connectivity index (χ3v) is 13.6. The molecule has 0 aliphatic carbocycles.